The van der Waals surface area contributed by atoms with Crippen molar-refractivity contribution in [1.29, 1.82) is 0 Å². The highest BCUT2D eigenvalue weighted by molar-refractivity contribution is 7.10. The van der Waals surface area contributed by atoms with E-state index in [4.69, 9.17) is 22.1 Å². The highest BCUT2D eigenvalue weighted by atomic mass is 35.5. The molecule has 0 unspecified atom stereocenters. The zero-order valence-electron chi connectivity index (χ0n) is 7.25. The first-order valence-corrected chi connectivity index (χ1v) is 5.58. The van der Waals surface area contributed by atoms with Crippen LogP contribution in [0.2, 0.25) is 5.02 Å². The third-order valence-corrected chi connectivity index (χ3v) is 4.02. The fraction of sp³-hybridized carbons (Fsp3) is 0.556. The summed E-state index contributed by atoms with van der Waals surface area (Å²) in [5.41, 5.74) is 6.03. The lowest BCUT2D eigenvalue weighted by molar-refractivity contribution is 0.0535. The summed E-state index contributed by atoms with van der Waals surface area (Å²) < 4.78 is 5.28. The van der Waals surface area contributed by atoms with E-state index < -0.39 is 0 Å². The van der Waals surface area contributed by atoms with E-state index in [0.29, 0.717) is 0 Å². The lowest BCUT2D eigenvalue weighted by atomic mass is 9.90. The molecule has 2 N–H and O–H groups in total. The Balaban J connectivity index is 2.27. The second-order valence-corrected chi connectivity index (χ2v) is 4.69. The summed E-state index contributed by atoms with van der Waals surface area (Å²) >= 11 is 7.69. The molecule has 13 heavy (non-hydrogen) atoms. The third-order valence-electron chi connectivity index (χ3n) is 2.45. The van der Waals surface area contributed by atoms with Gasteiger partial charge in [0.2, 0.25) is 0 Å². The number of thiophene rings is 1. The number of rotatable bonds is 1. The van der Waals surface area contributed by atoms with Crippen molar-refractivity contribution < 1.29 is 4.74 Å². The quantitative estimate of drug-likeness (QED) is 0.784. The Morgan fingerprint density at radius 1 is 1.46 bits per heavy atom. The fourth-order valence-electron chi connectivity index (χ4n) is 1.61. The molecule has 1 fully saturated rings. The zero-order chi connectivity index (χ0) is 9.31. The molecule has 0 aliphatic carbocycles. The van der Waals surface area contributed by atoms with Crippen molar-refractivity contribution in [2.45, 2.75) is 18.4 Å². The first kappa shape index (κ1) is 9.46. The van der Waals surface area contributed by atoms with Crippen LogP contribution in [0.5, 0.6) is 0 Å². The predicted octanol–water partition coefficient (Wildman–Crippen LogP) is 2.37. The normalized spacial score (nSPS) is 21.7. The Kier molecular flexibility index (Phi) is 2.60. The van der Waals surface area contributed by atoms with Crippen LogP contribution in [-0.2, 0) is 10.3 Å². The molecule has 1 aliphatic rings. The summed E-state index contributed by atoms with van der Waals surface area (Å²) in [6, 6.07) is 1.91. The van der Waals surface area contributed by atoms with Crippen LogP contribution in [-0.4, -0.2) is 13.2 Å². The molecular formula is C9H12ClNOS. The van der Waals surface area contributed by atoms with Crippen molar-refractivity contribution >= 4 is 22.9 Å². The average molecular weight is 218 g/mol. The Hall–Kier alpha value is -0.0900. The van der Waals surface area contributed by atoms with Crippen molar-refractivity contribution in [2.24, 2.45) is 5.73 Å². The standard InChI is InChI=1S/C9H12ClNOS/c10-7-1-6-13-8(7)9(11)2-4-12-5-3-9/h1,6H,2-5,11H2. The molecule has 2 rings (SSSR count). The van der Waals surface area contributed by atoms with Gasteiger partial charge in [-0.05, 0) is 24.3 Å². The van der Waals surface area contributed by atoms with Crippen LogP contribution in [0, 0.1) is 0 Å². The molecule has 0 radical (unpaired) electrons. The molecular weight excluding hydrogens is 206 g/mol. The Morgan fingerprint density at radius 2 is 2.15 bits per heavy atom. The van der Waals surface area contributed by atoms with Gasteiger partial charge in [0.15, 0.2) is 0 Å². The molecule has 2 heterocycles. The first-order valence-electron chi connectivity index (χ1n) is 4.32. The topological polar surface area (TPSA) is 35.2 Å². The van der Waals surface area contributed by atoms with Gasteiger partial charge in [-0.3, -0.25) is 0 Å². The smallest absolute Gasteiger partial charge is 0.0564 e. The van der Waals surface area contributed by atoms with Gasteiger partial charge < -0.3 is 10.5 Å². The van der Waals surface area contributed by atoms with Gasteiger partial charge in [0.05, 0.1) is 10.6 Å². The average Bonchev–Trinajstić information content (AvgIpc) is 2.53. The van der Waals surface area contributed by atoms with Crippen LogP contribution < -0.4 is 5.73 Å². The Bertz CT molecular complexity index is 294. The Labute approximate surface area is 86.6 Å². The van der Waals surface area contributed by atoms with Gasteiger partial charge in [0.1, 0.15) is 0 Å². The molecule has 0 amide bonds. The van der Waals surface area contributed by atoms with E-state index in [1.54, 1.807) is 11.3 Å². The maximum absolute atomic E-state index is 6.27. The molecule has 1 aromatic rings. The molecule has 1 aliphatic heterocycles. The molecule has 4 heteroatoms. The maximum atomic E-state index is 6.27. The molecule has 72 valence electrons. The van der Waals surface area contributed by atoms with Crippen molar-refractivity contribution in [3.05, 3.63) is 21.3 Å². The lowest BCUT2D eigenvalue weighted by Crippen LogP contribution is -2.41. The summed E-state index contributed by atoms with van der Waals surface area (Å²) in [4.78, 5) is 1.11. The molecule has 0 atom stereocenters. The minimum atomic E-state index is -0.247. The van der Waals surface area contributed by atoms with Gasteiger partial charge in [0.25, 0.3) is 0 Å². The van der Waals surface area contributed by atoms with E-state index in [9.17, 15) is 0 Å². The van der Waals surface area contributed by atoms with Crippen molar-refractivity contribution in [3.8, 4) is 0 Å². The summed E-state index contributed by atoms with van der Waals surface area (Å²) in [5.74, 6) is 0. The third kappa shape index (κ3) is 1.74. The van der Waals surface area contributed by atoms with Crippen molar-refractivity contribution in [2.75, 3.05) is 13.2 Å². The second kappa shape index (κ2) is 3.58. The summed E-state index contributed by atoms with van der Waals surface area (Å²) in [7, 11) is 0. The SMILES string of the molecule is NC1(c2sccc2Cl)CCOCC1. The maximum Gasteiger partial charge on any atom is 0.0564 e. The van der Waals surface area contributed by atoms with Crippen molar-refractivity contribution in [1.82, 2.24) is 0 Å². The van der Waals surface area contributed by atoms with E-state index in [1.165, 1.54) is 0 Å². The van der Waals surface area contributed by atoms with Gasteiger partial charge >= 0.3 is 0 Å². The number of ether oxygens (including phenoxy) is 1. The molecule has 2 nitrogen and oxygen atoms in total. The fourth-order valence-corrected chi connectivity index (χ4v) is 3.03. The molecule has 0 aromatic carbocycles. The first-order chi connectivity index (χ1) is 6.22. The molecule has 1 aromatic heterocycles. The van der Waals surface area contributed by atoms with Crippen LogP contribution in [0.1, 0.15) is 17.7 Å². The number of hydrogen-bond acceptors (Lipinski definition) is 3. The Morgan fingerprint density at radius 3 is 2.69 bits per heavy atom. The number of hydrogen-bond donors (Lipinski definition) is 1. The van der Waals surface area contributed by atoms with Gasteiger partial charge in [-0.25, -0.2) is 0 Å². The highest BCUT2D eigenvalue weighted by Gasteiger charge is 2.32. The molecule has 1 saturated heterocycles. The van der Waals surface area contributed by atoms with Gasteiger partial charge in [-0.1, -0.05) is 11.6 Å². The van der Waals surface area contributed by atoms with E-state index >= 15 is 0 Å². The van der Waals surface area contributed by atoms with E-state index in [1.807, 2.05) is 11.4 Å². The van der Waals surface area contributed by atoms with Crippen LogP contribution in [0.4, 0.5) is 0 Å². The van der Waals surface area contributed by atoms with Crippen LogP contribution in [0.25, 0.3) is 0 Å². The van der Waals surface area contributed by atoms with E-state index in [0.717, 1.165) is 36.0 Å². The van der Waals surface area contributed by atoms with Crippen LogP contribution in [0.15, 0.2) is 11.4 Å². The van der Waals surface area contributed by atoms with Gasteiger partial charge in [0, 0.05) is 18.1 Å². The number of halogens is 1. The summed E-state index contributed by atoms with van der Waals surface area (Å²) in [5, 5.41) is 2.79. The predicted molar refractivity (Wildman–Crippen MR) is 55.2 cm³/mol. The second-order valence-electron chi connectivity index (χ2n) is 3.37. The van der Waals surface area contributed by atoms with Crippen LogP contribution in [0.3, 0.4) is 0 Å². The zero-order valence-corrected chi connectivity index (χ0v) is 8.83. The van der Waals surface area contributed by atoms with Crippen LogP contribution >= 0.6 is 22.9 Å². The van der Waals surface area contributed by atoms with E-state index in [-0.39, 0.29) is 5.54 Å². The lowest BCUT2D eigenvalue weighted by Gasteiger charge is -2.32. The minimum Gasteiger partial charge on any atom is -0.381 e. The number of nitrogens with two attached hydrogens (primary N) is 1. The molecule has 0 spiro atoms. The monoisotopic (exact) mass is 217 g/mol. The largest absolute Gasteiger partial charge is 0.381 e. The molecule has 0 bridgehead atoms. The summed E-state index contributed by atoms with van der Waals surface area (Å²) in [6.07, 6.45) is 1.74. The van der Waals surface area contributed by atoms with Gasteiger partial charge in [-0.2, -0.15) is 0 Å². The highest BCUT2D eigenvalue weighted by Crippen LogP contribution is 2.37. The molecule has 0 saturated carbocycles. The summed E-state index contributed by atoms with van der Waals surface area (Å²) in [6.45, 7) is 1.48. The van der Waals surface area contributed by atoms with Gasteiger partial charge in [-0.15, -0.1) is 11.3 Å². The van der Waals surface area contributed by atoms with E-state index in [2.05, 4.69) is 0 Å². The minimum absolute atomic E-state index is 0.247. The van der Waals surface area contributed by atoms with Crippen molar-refractivity contribution in [3.63, 3.8) is 0 Å².